The van der Waals surface area contributed by atoms with E-state index in [4.69, 9.17) is 10.5 Å². The van der Waals surface area contributed by atoms with Gasteiger partial charge in [-0.1, -0.05) is 12.2 Å². The molecular formula is C12H24N2O. The molecule has 0 heterocycles. The Kier molecular flexibility index (Phi) is 5.29. The van der Waals surface area contributed by atoms with Crippen molar-refractivity contribution in [2.75, 3.05) is 26.8 Å². The Morgan fingerprint density at radius 1 is 1.53 bits per heavy atom. The Morgan fingerprint density at radius 2 is 2.27 bits per heavy atom. The second kappa shape index (κ2) is 6.26. The molecule has 1 unspecified atom stereocenters. The fourth-order valence-electron chi connectivity index (χ4n) is 2.08. The van der Waals surface area contributed by atoms with E-state index in [9.17, 15) is 0 Å². The molecule has 3 N–H and O–H groups in total. The van der Waals surface area contributed by atoms with E-state index in [1.807, 2.05) is 6.92 Å². The van der Waals surface area contributed by atoms with Gasteiger partial charge in [0.1, 0.15) is 0 Å². The van der Waals surface area contributed by atoms with Crippen LogP contribution in [0.1, 0.15) is 26.2 Å². The van der Waals surface area contributed by atoms with E-state index in [0.717, 1.165) is 19.6 Å². The van der Waals surface area contributed by atoms with Crippen molar-refractivity contribution in [1.82, 2.24) is 5.32 Å². The zero-order valence-corrected chi connectivity index (χ0v) is 9.96. The fourth-order valence-corrected chi connectivity index (χ4v) is 2.08. The molecule has 0 aromatic carbocycles. The van der Waals surface area contributed by atoms with Crippen molar-refractivity contribution in [2.24, 2.45) is 11.7 Å². The summed E-state index contributed by atoms with van der Waals surface area (Å²) in [6.45, 7) is 4.43. The molecule has 0 spiro atoms. The molecule has 1 aliphatic carbocycles. The quantitative estimate of drug-likeness (QED) is 0.471. The molecule has 1 aliphatic rings. The first kappa shape index (κ1) is 12.7. The summed E-state index contributed by atoms with van der Waals surface area (Å²) in [5, 5.41) is 3.58. The van der Waals surface area contributed by atoms with Gasteiger partial charge in [-0.05, 0) is 38.6 Å². The van der Waals surface area contributed by atoms with Crippen LogP contribution in [0, 0.1) is 5.92 Å². The van der Waals surface area contributed by atoms with E-state index in [2.05, 4.69) is 17.5 Å². The van der Waals surface area contributed by atoms with Gasteiger partial charge in [-0.3, -0.25) is 0 Å². The molecule has 0 aliphatic heterocycles. The van der Waals surface area contributed by atoms with Gasteiger partial charge >= 0.3 is 0 Å². The smallest absolute Gasteiger partial charge is 0.0659 e. The minimum atomic E-state index is 0.0241. The SMILES string of the molecule is C/C=C/CCNC(CN)(COC)C1CC1. The number of allylic oxidation sites excluding steroid dienone is 1. The molecule has 1 rings (SSSR count). The second-order valence-corrected chi connectivity index (χ2v) is 4.35. The lowest BCUT2D eigenvalue weighted by Crippen LogP contribution is -2.56. The molecule has 0 saturated heterocycles. The lowest BCUT2D eigenvalue weighted by molar-refractivity contribution is 0.0992. The van der Waals surface area contributed by atoms with E-state index >= 15 is 0 Å². The Hall–Kier alpha value is -0.380. The molecule has 1 saturated carbocycles. The highest BCUT2D eigenvalue weighted by molar-refractivity contribution is 5.02. The average molecular weight is 212 g/mol. The van der Waals surface area contributed by atoms with Crippen molar-refractivity contribution < 1.29 is 4.74 Å². The molecule has 3 heteroatoms. The lowest BCUT2D eigenvalue weighted by Gasteiger charge is -2.33. The van der Waals surface area contributed by atoms with Crippen molar-refractivity contribution in [3.63, 3.8) is 0 Å². The number of rotatable bonds is 8. The summed E-state index contributed by atoms with van der Waals surface area (Å²) in [6.07, 6.45) is 7.90. The van der Waals surface area contributed by atoms with Crippen LogP contribution in [-0.4, -0.2) is 32.3 Å². The summed E-state index contributed by atoms with van der Waals surface area (Å²) >= 11 is 0. The molecule has 0 amide bonds. The Labute approximate surface area is 93.1 Å². The Morgan fingerprint density at radius 3 is 2.73 bits per heavy atom. The molecule has 15 heavy (non-hydrogen) atoms. The van der Waals surface area contributed by atoms with E-state index in [0.29, 0.717) is 12.5 Å². The van der Waals surface area contributed by atoms with Crippen LogP contribution >= 0.6 is 0 Å². The van der Waals surface area contributed by atoms with Crippen LogP contribution in [-0.2, 0) is 4.74 Å². The van der Waals surface area contributed by atoms with Gasteiger partial charge < -0.3 is 15.8 Å². The molecule has 0 radical (unpaired) electrons. The summed E-state index contributed by atoms with van der Waals surface area (Å²) in [5.74, 6) is 0.716. The summed E-state index contributed by atoms with van der Waals surface area (Å²) in [4.78, 5) is 0. The van der Waals surface area contributed by atoms with E-state index < -0.39 is 0 Å². The first-order valence-electron chi connectivity index (χ1n) is 5.84. The number of methoxy groups -OCH3 is 1. The van der Waals surface area contributed by atoms with Gasteiger partial charge in [0, 0.05) is 13.7 Å². The van der Waals surface area contributed by atoms with Crippen LogP contribution in [0.4, 0.5) is 0 Å². The van der Waals surface area contributed by atoms with E-state index in [1.54, 1.807) is 7.11 Å². The molecule has 0 aromatic heterocycles. The third-order valence-corrected chi connectivity index (χ3v) is 3.15. The lowest BCUT2D eigenvalue weighted by atomic mass is 9.94. The summed E-state index contributed by atoms with van der Waals surface area (Å²) in [5.41, 5.74) is 5.91. The predicted octanol–water partition coefficient (Wildman–Crippen LogP) is 1.30. The van der Waals surface area contributed by atoms with Crippen LogP contribution in [0.25, 0.3) is 0 Å². The monoisotopic (exact) mass is 212 g/mol. The molecule has 1 atom stereocenters. The van der Waals surface area contributed by atoms with Crippen molar-refractivity contribution in [3.05, 3.63) is 12.2 Å². The van der Waals surface area contributed by atoms with Crippen LogP contribution in [0.15, 0.2) is 12.2 Å². The van der Waals surface area contributed by atoms with Crippen molar-refractivity contribution >= 4 is 0 Å². The fraction of sp³-hybridized carbons (Fsp3) is 0.833. The summed E-state index contributed by atoms with van der Waals surface area (Å²) in [7, 11) is 1.75. The molecule has 88 valence electrons. The van der Waals surface area contributed by atoms with Crippen LogP contribution in [0.2, 0.25) is 0 Å². The van der Waals surface area contributed by atoms with Gasteiger partial charge in [-0.25, -0.2) is 0 Å². The number of ether oxygens (including phenoxy) is 1. The normalized spacial score (nSPS) is 20.7. The maximum atomic E-state index is 5.89. The van der Waals surface area contributed by atoms with Crippen molar-refractivity contribution in [3.8, 4) is 0 Å². The first-order valence-corrected chi connectivity index (χ1v) is 5.84. The summed E-state index contributed by atoms with van der Waals surface area (Å²) in [6, 6.07) is 0. The highest BCUT2D eigenvalue weighted by Gasteiger charge is 2.43. The van der Waals surface area contributed by atoms with Gasteiger partial charge in [0.15, 0.2) is 0 Å². The average Bonchev–Trinajstić information content (AvgIpc) is 3.07. The zero-order valence-electron chi connectivity index (χ0n) is 9.96. The van der Waals surface area contributed by atoms with E-state index in [1.165, 1.54) is 12.8 Å². The maximum absolute atomic E-state index is 5.89. The van der Waals surface area contributed by atoms with Crippen molar-refractivity contribution in [2.45, 2.75) is 31.7 Å². The second-order valence-electron chi connectivity index (χ2n) is 4.35. The molecule has 0 aromatic rings. The molecular weight excluding hydrogens is 188 g/mol. The first-order chi connectivity index (χ1) is 7.29. The van der Waals surface area contributed by atoms with Crippen LogP contribution in [0.5, 0.6) is 0 Å². The topological polar surface area (TPSA) is 47.3 Å². The third kappa shape index (κ3) is 3.59. The van der Waals surface area contributed by atoms with Crippen LogP contribution in [0.3, 0.4) is 0 Å². The third-order valence-electron chi connectivity index (χ3n) is 3.15. The molecule has 1 fully saturated rings. The van der Waals surface area contributed by atoms with Gasteiger partial charge in [0.25, 0.3) is 0 Å². The highest BCUT2D eigenvalue weighted by atomic mass is 16.5. The zero-order chi connectivity index (χ0) is 11.1. The largest absolute Gasteiger partial charge is 0.383 e. The van der Waals surface area contributed by atoms with Gasteiger partial charge in [0.05, 0.1) is 12.1 Å². The Bertz CT molecular complexity index is 202. The molecule has 3 nitrogen and oxygen atoms in total. The van der Waals surface area contributed by atoms with Gasteiger partial charge in [-0.2, -0.15) is 0 Å². The standard InChI is InChI=1S/C12H24N2O/c1-3-4-5-8-14-12(9-13,10-15-2)11-6-7-11/h3-4,11,14H,5-10,13H2,1-2H3/b4-3+. The molecule has 0 bridgehead atoms. The minimum Gasteiger partial charge on any atom is -0.383 e. The predicted molar refractivity (Wildman–Crippen MR) is 63.8 cm³/mol. The van der Waals surface area contributed by atoms with Gasteiger partial charge in [-0.15, -0.1) is 0 Å². The van der Waals surface area contributed by atoms with Gasteiger partial charge in [0.2, 0.25) is 0 Å². The number of hydrogen-bond donors (Lipinski definition) is 2. The van der Waals surface area contributed by atoms with Crippen LogP contribution < -0.4 is 11.1 Å². The minimum absolute atomic E-state index is 0.0241. The number of nitrogens with one attached hydrogen (secondary N) is 1. The summed E-state index contributed by atoms with van der Waals surface area (Å²) < 4.78 is 5.30. The highest BCUT2D eigenvalue weighted by Crippen LogP contribution is 2.39. The maximum Gasteiger partial charge on any atom is 0.0659 e. The number of nitrogens with two attached hydrogens (primary N) is 1. The number of hydrogen-bond acceptors (Lipinski definition) is 3. The van der Waals surface area contributed by atoms with E-state index in [-0.39, 0.29) is 5.54 Å². The van der Waals surface area contributed by atoms with Crippen molar-refractivity contribution in [1.29, 1.82) is 0 Å². The Balaban J connectivity index is 2.39.